The van der Waals surface area contributed by atoms with Crippen LogP contribution in [0.1, 0.15) is 58.4 Å². The van der Waals surface area contributed by atoms with Crippen LogP contribution in [0.2, 0.25) is 0 Å². The molecule has 0 saturated heterocycles. The monoisotopic (exact) mass is 351 g/mol. The van der Waals surface area contributed by atoms with E-state index in [2.05, 4.69) is 66.3 Å². The molecule has 1 fully saturated rings. The lowest BCUT2D eigenvalue weighted by atomic mass is 9.83. The second-order valence-corrected chi connectivity index (χ2v) is 8.54. The second kappa shape index (κ2) is 7.78. The summed E-state index contributed by atoms with van der Waals surface area (Å²) in [5.74, 6) is 1.65. The van der Waals surface area contributed by atoms with E-state index >= 15 is 0 Å². The maximum Gasteiger partial charge on any atom is 0.0177 e. The highest BCUT2D eigenvalue weighted by atomic mass is 79.9. The molecule has 0 aromatic heterocycles. The van der Waals surface area contributed by atoms with Gasteiger partial charge >= 0.3 is 0 Å². The van der Waals surface area contributed by atoms with Gasteiger partial charge in [0.05, 0.1) is 0 Å². The highest BCUT2D eigenvalue weighted by Gasteiger charge is 2.25. The van der Waals surface area contributed by atoms with Crippen molar-refractivity contribution < 1.29 is 0 Å². The first kappa shape index (κ1) is 17.0. The van der Waals surface area contributed by atoms with Crippen molar-refractivity contribution in [1.29, 1.82) is 0 Å². The highest BCUT2D eigenvalue weighted by molar-refractivity contribution is 9.10. The van der Waals surface area contributed by atoms with Gasteiger partial charge in [-0.1, -0.05) is 47.3 Å². The van der Waals surface area contributed by atoms with E-state index in [1.165, 1.54) is 55.1 Å². The predicted octanol–water partition coefficient (Wildman–Crippen LogP) is 5.58. The van der Waals surface area contributed by atoms with Crippen LogP contribution < -0.4 is 5.32 Å². The molecule has 1 saturated carbocycles. The van der Waals surface area contributed by atoms with Gasteiger partial charge in [-0.05, 0) is 76.1 Å². The van der Waals surface area contributed by atoms with Crippen molar-refractivity contribution in [2.75, 3.05) is 6.54 Å². The van der Waals surface area contributed by atoms with Gasteiger partial charge in [0.25, 0.3) is 0 Å². The fraction of sp³-hybridized carbons (Fsp3) is 0.684. The van der Waals surface area contributed by atoms with Gasteiger partial charge in [-0.25, -0.2) is 0 Å². The zero-order valence-electron chi connectivity index (χ0n) is 13.8. The Kier molecular flexibility index (Phi) is 6.31. The fourth-order valence-corrected chi connectivity index (χ4v) is 3.85. The van der Waals surface area contributed by atoms with Crippen molar-refractivity contribution in [3.05, 3.63) is 34.3 Å². The molecular formula is C19H30BrN. The number of hydrogen-bond donors (Lipinski definition) is 1. The van der Waals surface area contributed by atoms with Gasteiger partial charge in [-0.2, -0.15) is 0 Å². The fourth-order valence-electron chi connectivity index (χ4n) is 3.40. The second-order valence-electron chi connectivity index (χ2n) is 7.62. The Morgan fingerprint density at radius 3 is 2.48 bits per heavy atom. The Balaban J connectivity index is 2.01. The summed E-state index contributed by atoms with van der Waals surface area (Å²) >= 11 is 3.60. The van der Waals surface area contributed by atoms with Crippen LogP contribution in [-0.4, -0.2) is 12.1 Å². The third-order valence-electron chi connectivity index (χ3n) is 4.60. The molecule has 1 aliphatic carbocycles. The maximum atomic E-state index is 3.74. The number of halogens is 1. The van der Waals surface area contributed by atoms with Crippen LogP contribution in [0, 0.1) is 11.8 Å². The van der Waals surface area contributed by atoms with Crippen LogP contribution in [0.3, 0.4) is 0 Å². The molecule has 2 heteroatoms. The highest BCUT2D eigenvalue weighted by Crippen LogP contribution is 2.32. The zero-order chi connectivity index (χ0) is 15.3. The van der Waals surface area contributed by atoms with E-state index in [0.717, 1.165) is 11.8 Å². The summed E-state index contributed by atoms with van der Waals surface area (Å²) in [6.45, 7) is 7.98. The van der Waals surface area contributed by atoms with Crippen molar-refractivity contribution >= 4 is 15.9 Å². The van der Waals surface area contributed by atoms with E-state index in [-0.39, 0.29) is 5.54 Å². The van der Waals surface area contributed by atoms with Gasteiger partial charge in [0.1, 0.15) is 0 Å². The van der Waals surface area contributed by atoms with Crippen molar-refractivity contribution in [1.82, 2.24) is 5.32 Å². The summed E-state index contributed by atoms with van der Waals surface area (Å²) in [6, 6.07) is 8.86. The molecule has 2 rings (SSSR count). The Morgan fingerprint density at radius 2 is 1.81 bits per heavy atom. The van der Waals surface area contributed by atoms with Crippen LogP contribution in [0.15, 0.2) is 28.7 Å². The maximum absolute atomic E-state index is 3.74. The molecule has 0 spiro atoms. The van der Waals surface area contributed by atoms with E-state index in [4.69, 9.17) is 0 Å². The number of hydrogen-bond acceptors (Lipinski definition) is 1. The van der Waals surface area contributed by atoms with Gasteiger partial charge in [-0.3, -0.25) is 0 Å². The standard InChI is InChI=1S/C19H30BrN/c1-19(2,3)21-14-17-10-6-4-5-9-16(17)12-15-8-7-11-18(20)13-15/h7-8,11,13,16-17,21H,4-6,9-10,12,14H2,1-3H3. The predicted molar refractivity (Wildman–Crippen MR) is 95.7 cm³/mol. The third-order valence-corrected chi connectivity index (χ3v) is 5.09. The number of nitrogens with one attached hydrogen (secondary N) is 1. The lowest BCUT2D eigenvalue weighted by Crippen LogP contribution is -2.40. The minimum Gasteiger partial charge on any atom is -0.312 e. The first-order valence-electron chi connectivity index (χ1n) is 8.43. The molecule has 2 atom stereocenters. The summed E-state index contributed by atoms with van der Waals surface area (Å²) in [5, 5.41) is 3.74. The molecule has 1 aliphatic rings. The minimum absolute atomic E-state index is 0.229. The van der Waals surface area contributed by atoms with Gasteiger partial charge in [0, 0.05) is 10.0 Å². The van der Waals surface area contributed by atoms with Gasteiger partial charge in [-0.15, -0.1) is 0 Å². The summed E-state index contributed by atoms with van der Waals surface area (Å²) < 4.78 is 1.21. The van der Waals surface area contributed by atoms with E-state index in [9.17, 15) is 0 Å². The molecule has 0 amide bonds. The number of benzene rings is 1. The van der Waals surface area contributed by atoms with E-state index in [0.29, 0.717) is 0 Å². The van der Waals surface area contributed by atoms with Crippen LogP contribution in [0.25, 0.3) is 0 Å². The van der Waals surface area contributed by atoms with Crippen molar-refractivity contribution in [3.63, 3.8) is 0 Å². The Labute approximate surface area is 139 Å². The van der Waals surface area contributed by atoms with Crippen LogP contribution in [0.5, 0.6) is 0 Å². The van der Waals surface area contributed by atoms with Gasteiger partial charge in [0.15, 0.2) is 0 Å². The van der Waals surface area contributed by atoms with E-state index in [1.807, 2.05) is 0 Å². The summed E-state index contributed by atoms with van der Waals surface area (Å²) in [7, 11) is 0. The van der Waals surface area contributed by atoms with E-state index < -0.39 is 0 Å². The average Bonchev–Trinajstić information content (AvgIpc) is 2.61. The Hall–Kier alpha value is -0.340. The summed E-state index contributed by atoms with van der Waals surface area (Å²) in [4.78, 5) is 0. The quantitative estimate of drug-likeness (QED) is 0.698. The van der Waals surface area contributed by atoms with Crippen molar-refractivity contribution in [3.8, 4) is 0 Å². The first-order valence-corrected chi connectivity index (χ1v) is 9.23. The Morgan fingerprint density at radius 1 is 1.10 bits per heavy atom. The smallest absolute Gasteiger partial charge is 0.0177 e. The molecule has 2 unspecified atom stereocenters. The largest absolute Gasteiger partial charge is 0.312 e. The molecule has 1 N–H and O–H groups in total. The molecule has 118 valence electrons. The van der Waals surface area contributed by atoms with Crippen molar-refractivity contribution in [2.24, 2.45) is 11.8 Å². The normalized spacial score (nSPS) is 23.8. The van der Waals surface area contributed by atoms with Crippen LogP contribution in [-0.2, 0) is 6.42 Å². The first-order chi connectivity index (χ1) is 9.94. The average molecular weight is 352 g/mol. The SMILES string of the molecule is CC(C)(C)NCC1CCCCCC1Cc1cccc(Br)c1. The summed E-state index contributed by atoms with van der Waals surface area (Å²) in [6.07, 6.45) is 8.25. The molecule has 0 radical (unpaired) electrons. The number of rotatable bonds is 4. The minimum atomic E-state index is 0.229. The summed E-state index contributed by atoms with van der Waals surface area (Å²) in [5.41, 5.74) is 1.71. The molecule has 1 nitrogen and oxygen atoms in total. The topological polar surface area (TPSA) is 12.0 Å². The van der Waals surface area contributed by atoms with Crippen molar-refractivity contribution in [2.45, 2.75) is 64.8 Å². The molecule has 0 aliphatic heterocycles. The Bertz CT molecular complexity index is 435. The molecule has 21 heavy (non-hydrogen) atoms. The molecule has 1 aromatic rings. The third kappa shape index (κ3) is 6.12. The molecule has 0 bridgehead atoms. The molecular weight excluding hydrogens is 322 g/mol. The zero-order valence-corrected chi connectivity index (χ0v) is 15.4. The van der Waals surface area contributed by atoms with Crippen LogP contribution >= 0.6 is 15.9 Å². The van der Waals surface area contributed by atoms with Gasteiger partial charge < -0.3 is 5.32 Å². The van der Waals surface area contributed by atoms with E-state index in [1.54, 1.807) is 0 Å². The lowest BCUT2D eigenvalue weighted by molar-refractivity contribution is 0.270. The lowest BCUT2D eigenvalue weighted by Gasteiger charge is -2.30. The molecule has 0 heterocycles. The van der Waals surface area contributed by atoms with Gasteiger partial charge in [0.2, 0.25) is 0 Å². The molecule has 1 aromatic carbocycles. The van der Waals surface area contributed by atoms with Crippen LogP contribution in [0.4, 0.5) is 0 Å².